The Morgan fingerprint density at radius 1 is 0.841 bits per heavy atom. The Labute approximate surface area is 405 Å². The van der Waals surface area contributed by atoms with E-state index < -0.39 is 38.8 Å². The average Bonchev–Trinajstić information content (AvgIpc) is 3.84. The van der Waals surface area contributed by atoms with Crippen LogP contribution in [-0.4, -0.2) is 119 Å². The van der Waals surface area contributed by atoms with Crippen molar-refractivity contribution in [2.24, 2.45) is 5.41 Å². The average molecular weight is 965 g/mol. The number of carbonyl (C=O) groups excluding carboxylic acids is 4. The van der Waals surface area contributed by atoms with E-state index in [1.807, 2.05) is 35.4 Å². The fourth-order valence-electron chi connectivity index (χ4n) is 9.32. The summed E-state index contributed by atoms with van der Waals surface area (Å²) in [6, 6.07) is 13.2. The maximum Gasteiger partial charge on any atom is 0.416 e. The number of nitrogens with zero attached hydrogens (tertiary/aromatic N) is 4. The molecule has 0 aromatic heterocycles. The molecule has 368 valence electrons. The van der Waals surface area contributed by atoms with Crippen LogP contribution in [0.25, 0.3) is 5.57 Å². The maximum absolute atomic E-state index is 14.7. The number of benzene rings is 3. The molecule has 1 saturated heterocycles. The zero-order chi connectivity index (χ0) is 49.4. The van der Waals surface area contributed by atoms with E-state index in [-0.39, 0.29) is 78.7 Å². The Morgan fingerprint density at radius 2 is 1.43 bits per heavy atom. The topological polar surface area (TPSA) is 166 Å². The van der Waals surface area contributed by atoms with Crippen LogP contribution in [0.15, 0.2) is 80.0 Å². The summed E-state index contributed by atoms with van der Waals surface area (Å²) in [6.45, 7) is 19.0. The van der Waals surface area contributed by atoms with Gasteiger partial charge in [0, 0.05) is 31.3 Å². The normalized spacial score (nSPS) is 20.2. The van der Waals surface area contributed by atoms with Crippen LogP contribution in [-0.2, 0) is 20.5 Å². The smallest absolute Gasteiger partial charge is 0.416 e. The van der Waals surface area contributed by atoms with Crippen molar-refractivity contribution in [2.45, 2.75) is 95.9 Å². The highest BCUT2D eigenvalue weighted by Gasteiger charge is 2.59. The van der Waals surface area contributed by atoms with Gasteiger partial charge >= 0.3 is 12.2 Å². The van der Waals surface area contributed by atoms with Gasteiger partial charge in [-0.3, -0.25) is 14.5 Å². The Hall–Kier alpha value is -6.30. The SMILES string of the molecule is C=CCOC(=O)N1C[C@@H]2CC(c3ccc(CO)cc3)=CN2C(=O)c2cc(OC)c(OCCCOc3cc4c(cc3OC)C(=O)N3CC5(CC5)C[C@H]3C(O[Si](C)(C)C(C)(C)C)N4C(=O)OCC=C)cc21. The number of amides is 4. The van der Waals surface area contributed by atoms with Gasteiger partial charge in [-0.25, -0.2) is 14.5 Å². The van der Waals surface area contributed by atoms with Crippen molar-refractivity contribution in [1.29, 1.82) is 0 Å². The van der Waals surface area contributed by atoms with Gasteiger partial charge in [-0.1, -0.05) is 70.3 Å². The molecular formula is C52H64N4O12Si. The molecule has 4 heterocycles. The lowest BCUT2D eigenvalue weighted by molar-refractivity contribution is 0.0528. The van der Waals surface area contributed by atoms with Gasteiger partial charge in [-0.15, -0.1) is 0 Å². The molecule has 4 amide bonds. The Bertz CT molecular complexity index is 2530. The number of aliphatic hydroxyl groups is 1. The molecule has 17 heteroatoms. The maximum atomic E-state index is 14.7. The van der Waals surface area contributed by atoms with E-state index in [4.69, 9.17) is 32.8 Å². The zero-order valence-electron chi connectivity index (χ0n) is 40.7. The number of ether oxygens (including phenoxy) is 6. The number of hydrogen-bond donors (Lipinski definition) is 1. The summed E-state index contributed by atoms with van der Waals surface area (Å²) in [5.74, 6) is 0.660. The van der Waals surface area contributed by atoms with Crippen LogP contribution in [0.1, 0.15) is 84.7 Å². The van der Waals surface area contributed by atoms with Crippen LogP contribution in [0.3, 0.4) is 0 Å². The van der Waals surface area contributed by atoms with Crippen molar-refractivity contribution >= 4 is 49.3 Å². The van der Waals surface area contributed by atoms with Gasteiger partial charge in [0.2, 0.25) is 0 Å². The highest BCUT2D eigenvalue weighted by Crippen LogP contribution is 2.58. The predicted molar refractivity (Wildman–Crippen MR) is 263 cm³/mol. The van der Waals surface area contributed by atoms with Crippen molar-refractivity contribution in [3.8, 4) is 23.0 Å². The summed E-state index contributed by atoms with van der Waals surface area (Å²) in [7, 11) is 0.421. The summed E-state index contributed by atoms with van der Waals surface area (Å²) in [6.07, 6.45) is 6.23. The minimum absolute atomic E-state index is 0.00484. The summed E-state index contributed by atoms with van der Waals surface area (Å²) < 4.78 is 42.7. The summed E-state index contributed by atoms with van der Waals surface area (Å²) in [5.41, 5.74) is 3.73. The lowest BCUT2D eigenvalue weighted by atomic mass is 10.0. The van der Waals surface area contributed by atoms with Crippen molar-refractivity contribution in [3.63, 3.8) is 0 Å². The molecule has 1 saturated carbocycles. The molecule has 1 spiro atoms. The molecule has 1 N–H and O–H groups in total. The van der Waals surface area contributed by atoms with E-state index in [1.165, 1.54) is 36.2 Å². The monoisotopic (exact) mass is 964 g/mol. The van der Waals surface area contributed by atoms with E-state index in [2.05, 4.69) is 47.0 Å². The quantitative estimate of drug-likeness (QED) is 0.0824. The first kappa shape index (κ1) is 49.1. The van der Waals surface area contributed by atoms with Crippen molar-refractivity contribution in [1.82, 2.24) is 9.80 Å². The van der Waals surface area contributed by atoms with Crippen LogP contribution in [0.5, 0.6) is 23.0 Å². The molecule has 16 nitrogen and oxygen atoms in total. The van der Waals surface area contributed by atoms with Gasteiger partial charge in [-0.05, 0) is 78.1 Å². The second kappa shape index (κ2) is 19.6. The van der Waals surface area contributed by atoms with Crippen molar-refractivity contribution < 1.29 is 57.1 Å². The Balaban J connectivity index is 1.04. The highest BCUT2D eigenvalue weighted by atomic mass is 28.4. The molecule has 3 aromatic rings. The summed E-state index contributed by atoms with van der Waals surface area (Å²) in [4.78, 5) is 63.5. The number of carbonyl (C=O) groups is 4. The van der Waals surface area contributed by atoms with E-state index >= 15 is 0 Å². The van der Waals surface area contributed by atoms with Gasteiger partial charge < -0.3 is 47.8 Å². The molecule has 3 atom stereocenters. The molecule has 69 heavy (non-hydrogen) atoms. The van der Waals surface area contributed by atoms with Gasteiger partial charge in [0.05, 0.1) is 75.2 Å². The highest BCUT2D eigenvalue weighted by molar-refractivity contribution is 6.74. The van der Waals surface area contributed by atoms with Gasteiger partial charge in [0.1, 0.15) is 13.2 Å². The molecule has 5 aliphatic rings. The van der Waals surface area contributed by atoms with E-state index in [1.54, 1.807) is 29.2 Å². The summed E-state index contributed by atoms with van der Waals surface area (Å²) in [5, 5.41) is 9.34. The molecule has 4 aliphatic heterocycles. The fraction of sp³-hybridized carbons (Fsp3) is 0.462. The third-order valence-electron chi connectivity index (χ3n) is 14.3. The molecule has 1 aliphatic carbocycles. The third-order valence-corrected chi connectivity index (χ3v) is 18.7. The number of aliphatic hydroxyl groups excluding tert-OH is 1. The third kappa shape index (κ3) is 9.68. The Kier molecular flexibility index (Phi) is 14.0. The summed E-state index contributed by atoms with van der Waals surface area (Å²) >= 11 is 0. The molecule has 0 bridgehead atoms. The number of methoxy groups -OCH3 is 2. The van der Waals surface area contributed by atoms with Gasteiger partial charge in [0.15, 0.2) is 37.5 Å². The van der Waals surface area contributed by atoms with Crippen LogP contribution in [0, 0.1) is 5.41 Å². The first-order chi connectivity index (χ1) is 33.0. The van der Waals surface area contributed by atoms with Crippen molar-refractivity contribution in [2.75, 3.05) is 63.5 Å². The number of rotatable bonds is 16. The van der Waals surface area contributed by atoms with Crippen molar-refractivity contribution in [3.05, 3.63) is 102 Å². The minimum atomic E-state index is -2.55. The van der Waals surface area contributed by atoms with Crippen LogP contribution in [0.2, 0.25) is 18.1 Å². The molecule has 2 fully saturated rings. The first-order valence-electron chi connectivity index (χ1n) is 23.5. The molecule has 1 unspecified atom stereocenters. The molecule has 8 rings (SSSR count). The van der Waals surface area contributed by atoms with E-state index in [0.29, 0.717) is 54.4 Å². The number of fused-ring (bicyclic) bond motifs is 4. The van der Waals surface area contributed by atoms with E-state index in [9.17, 15) is 24.3 Å². The number of anilines is 2. The van der Waals surface area contributed by atoms with E-state index in [0.717, 1.165) is 29.5 Å². The lowest BCUT2D eigenvalue weighted by Gasteiger charge is -2.44. The zero-order valence-corrected chi connectivity index (χ0v) is 41.7. The second-order valence-electron chi connectivity index (χ2n) is 19.9. The van der Waals surface area contributed by atoms with Crippen LogP contribution >= 0.6 is 0 Å². The first-order valence-corrected chi connectivity index (χ1v) is 26.4. The Morgan fingerprint density at radius 3 is 2.00 bits per heavy atom. The molecule has 0 radical (unpaired) electrons. The fourth-order valence-corrected chi connectivity index (χ4v) is 10.5. The molecule has 3 aromatic carbocycles. The predicted octanol–water partition coefficient (Wildman–Crippen LogP) is 8.93. The van der Waals surface area contributed by atoms with Gasteiger partial charge in [-0.2, -0.15) is 0 Å². The molecular weight excluding hydrogens is 901 g/mol. The van der Waals surface area contributed by atoms with Gasteiger partial charge in [0.25, 0.3) is 11.8 Å². The number of hydrogen-bond acceptors (Lipinski definition) is 12. The van der Waals surface area contributed by atoms with Crippen LogP contribution < -0.4 is 28.7 Å². The largest absolute Gasteiger partial charge is 0.493 e. The second-order valence-corrected chi connectivity index (χ2v) is 24.6. The van der Waals surface area contributed by atoms with Crippen LogP contribution in [0.4, 0.5) is 21.0 Å². The lowest BCUT2D eigenvalue weighted by Crippen LogP contribution is -2.58. The standard InChI is InChI=1S/C52H64N4O12Si/c1-10-19-66-49(60)54-30-36-23-35(34-15-13-33(31-57)14-16-34)29-53(36)46(58)37-24-42(62-6)44(26-39(37)54)64-21-12-22-65-45-27-40-38(25-43(45)63-7)47(59)55-32-52(17-18-52)28-41(55)48(56(40)50(61)67-20-11-2)68-69(8,9)51(3,4)5/h10-11,13-16,24-27,29,36,41,48,57H,1-2,12,17-23,28,30-32H2,3-9H3/t36-,41-,48?/m0/s1. The minimum Gasteiger partial charge on any atom is -0.493 e.